The van der Waals surface area contributed by atoms with E-state index in [-0.39, 0.29) is 18.8 Å². The second-order valence-electron chi connectivity index (χ2n) is 8.45. The van der Waals surface area contributed by atoms with Gasteiger partial charge in [-0.15, -0.1) is 0 Å². The van der Waals surface area contributed by atoms with E-state index in [0.29, 0.717) is 18.7 Å². The van der Waals surface area contributed by atoms with Crippen molar-refractivity contribution in [2.24, 2.45) is 11.7 Å². The predicted molar refractivity (Wildman–Crippen MR) is 107 cm³/mol. The number of fused-ring (bicyclic) bond motifs is 1. The molecule has 0 fully saturated rings. The molecule has 1 aliphatic rings. The lowest BCUT2D eigenvalue weighted by Gasteiger charge is -2.35. The van der Waals surface area contributed by atoms with E-state index in [0.717, 1.165) is 5.56 Å². The number of hydrogen-bond acceptors (Lipinski definition) is 6. The van der Waals surface area contributed by atoms with Crippen molar-refractivity contribution in [2.45, 2.75) is 64.7 Å². The van der Waals surface area contributed by atoms with Gasteiger partial charge in [0.1, 0.15) is 17.7 Å². The third-order valence-corrected chi connectivity index (χ3v) is 4.57. The Hall–Kier alpha value is -2.61. The minimum absolute atomic E-state index is 0.0788. The topological polar surface area (TPSA) is 119 Å². The van der Waals surface area contributed by atoms with Crippen molar-refractivity contribution >= 4 is 23.7 Å². The number of amides is 1. The van der Waals surface area contributed by atoms with Gasteiger partial charge in [0.15, 0.2) is 0 Å². The van der Waals surface area contributed by atoms with E-state index in [1.807, 2.05) is 39.0 Å². The molecule has 8 heteroatoms. The number of nitrogens with two attached hydrogens (primary N) is 1. The summed E-state index contributed by atoms with van der Waals surface area (Å²) in [6, 6.07) is 6.26. The van der Waals surface area contributed by atoms with Crippen molar-refractivity contribution in [1.82, 2.24) is 0 Å². The highest BCUT2D eigenvalue weighted by atomic mass is 16.6. The number of nitrogens with zero attached hydrogens (tertiary/aromatic N) is 1. The highest BCUT2D eigenvalue weighted by molar-refractivity contribution is 5.89. The van der Waals surface area contributed by atoms with E-state index >= 15 is 0 Å². The average Bonchev–Trinajstić information content (AvgIpc) is 2.60. The number of carbonyl (C=O) groups excluding carboxylic acids is 2. The minimum Gasteiger partial charge on any atom is -0.480 e. The lowest BCUT2D eigenvalue weighted by atomic mass is 9.97. The maximum absolute atomic E-state index is 12.5. The number of carboxylic acid groups (broad SMARTS) is 1. The van der Waals surface area contributed by atoms with Gasteiger partial charge in [0.25, 0.3) is 0 Å². The van der Waals surface area contributed by atoms with Crippen molar-refractivity contribution in [3.05, 3.63) is 29.8 Å². The van der Waals surface area contributed by atoms with Crippen LogP contribution in [0.3, 0.4) is 0 Å². The Labute approximate surface area is 171 Å². The molecule has 1 aromatic rings. The lowest BCUT2D eigenvalue weighted by molar-refractivity contribution is -0.151. The van der Waals surface area contributed by atoms with Crippen LogP contribution in [0.2, 0.25) is 0 Å². The Kier molecular flexibility index (Phi) is 7.24. The highest BCUT2D eigenvalue weighted by Gasteiger charge is 2.33. The first-order valence-electron chi connectivity index (χ1n) is 9.75. The summed E-state index contributed by atoms with van der Waals surface area (Å²) in [6.45, 7) is 7.56. The van der Waals surface area contributed by atoms with Crippen molar-refractivity contribution in [3.63, 3.8) is 0 Å². The molecule has 0 bridgehead atoms. The number of rotatable bonds is 6. The van der Waals surface area contributed by atoms with Gasteiger partial charge >= 0.3 is 18.0 Å². The van der Waals surface area contributed by atoms with Crippen molar-refractivity contribution < 1.29 is 29.0 Å². The van der Waals surface area contributed by atoms with Crippen LogP contribution in [0.15, 0.2) is 24.3 Å². The van der Waals surface area contributed by atoms with Gasteiger partial charge < -0.3 is 20.3 Å². The number of carbonyl (C=O) groups is 3. The number of hydrogen-bond donors (Lipinski definition) is 2. The molecule has 0 saturated heterocycles. The summed E-state index contributed by atoms with van der Waals surface area (Å²) >= 11 is 0. The smallest absolute Gasteiger partial charge is 0.414 e. The van der Waals surface area contributed by atoms with Crippen LogP contribution in [0.5, 0.6) is 0 Å². The number of benzene rings is 1. The minimum atomic E-state index is -1.09. The molecule has 1 aliphatic heterocycles. The normalized spacial score (nSPS) is 18.4. The fourth-order valence-corrected chi connectivity index (χ4v) is 3.27. The van der Waals surface area contributed by atoms with Crippen molar-refractivity contribution in [2.75, 3.05) is 11.4 Å². The molecule has 1 aromatic carbocycles. The monoisotopic (exact) mass is 406 g/mol. The van der Waals surface area contributed by atoms with Gasteiger partial charge in [0, 0.05) is 24.9 Å². The van der Waals surface area contributed by atoms with Gasteiger partial charge in [-0.1, -0.05) is 25.1 Å². The Morgan fingerprint density at radius 1 is 1.28 bits per heavy atom. The predicted octanol–water partition coefficient (Wildman–Crippen LogP) is 3.24. The fourth-order valence-electron chi connectivity index (χ4n) is 3.27. The molecule has 0 aliphatic carbocycles. The molecule has 160 valence electrons. The first kappa shape index (κ1) is 22.7. The number of esters is 1. The first-order valence-corrected chi connectivity index (χ1v) is 9.75. The summed E-state index contributed by atoms with van der Waals surface area (Å²) in [5.74, 6) is -1.72. The largest absolute Gasteiger partial charge is 0.480 e. The van der Waals surface area contributed by atoms with Crippen molar-refractivity contribution in [1.29, 1.82) is 0 Å². The molecule has 0 spiro atoms. The quantitative estimate of drug-likeness (QED) is 0.696. The number of aliphatic carboxylic acids is 1. The molecule has 3 atom stereocenters. The molecule has 0 aromatic heterocycles. The second kappa shape index (κ2) is 9.26. The second-order valence-corrected chi connectivity index (χ2v) is 8.45. The van der Waals surface area contributed by atoms with E-state index in [1.165, 1.54) is 0 Å². The van der Waals surface area contributed by atoms with Crippen LogP contribution < -0.4 is 10.6 Å². The van der Waals surface area contributed by atoms with Gasteiger partial charge in [-0.05, 0) is 39.2 Å². The Morgan fingerprint density at radius 3 is 2.55 bits per heavy atom. The van der Waals surface area contributed by atoms with E-state index in [4.69, 9.17) is 20.3 Å². The number of ether oxygens (including phenoxy) is 2. The van der Waals surface area contributed by atoms with E-state index in [1.54, 1.807) is 17.9 Å². The fraction of sp³-hybridized carbons (Fsp3) is 0.571. The number of carboxylic acids is 1. The van der Waals surface area contributed by atoms with Crippen LogP contribution in [0.4, 0.5) is 10.5 Å². The molecule has 0 saturated carbocycles. The summed E-state index contributed by atoms with van der Waals surface area (Å²) in [6.07, 6.45) is -0.192. The zero-order chi connectivity index (χ0) is 21.8. The Bertz CT molecular complexity index is 758. The highest BCUT2D eigenvalue weighted by Crippen LogP contribution is 2.37. The van der Waals surface area contributed by atoms with Crippen molar-refractivity contribution in [3.8, 4) is 0 Å². The Balaban J connectivity index is 2.05. The van der Waals surface area contributed by atoms with Gasteiger partial charge in [0.2, 0.25) is 0 Å². The van der Waals surface area contributed by atoms with Gasteiger partial charge in [-0.25, -0.2) is 4.79 Å². The molecule has 29 heavy (non-hydrogen) atoms. The van der Waals surface area contributed by atoms with E-state index in [2.05, 4.69) is 0 Å². The lowest BCUT2D eigenvalue weighted by Crippen LogP contribution is -2.41. The summed E-state index contributed by atoms with van der Waals surface area (Å²) in [5, 5.41) is 8.89. The average molecular weight is 406 g/mol. The summed E-state index contributed by atoms with van der Waals surface area (Å²) in [5.41, 5.74) is 6.32. The molecule has 8 nitrogen and oxygen atoms in total. The molecular formula is C21H30N2O6. The third kappa shape index (κ3) is 6.45. The Morgan fingerprint density at radius 2 is 1.93 bits per heavy atom. The first-order chi connectivity index (χ1) is 13.5. The van der Waals surface area contributed by atoms with Crippen LogP contribution in [0, 0.1) is 5.92 Å². The molecule has 3 N–H and O–H groups in total. The zero-order valence-corrected chi connectivity index (χ0v) is 17.4. The van der Waals surface area contributed by atoms with Crippen LogP contribution in [0.25, 0.3) is 0 Å². The third-order valence-electron chi connectivity index (χ3n) is 4.57. The van der Waals surface area contributed by atoms with Gasteiger partial charge in [0.05, 0.1) is 5.69 Å². The van der Waals surface area contributed by atoms with Crippen LogP contribution >= 0.6 is 0 Å². The van der Waals surface area contributed by atoms with Gasteiger partial charge in [-0.3, -0.25) is 14.5 Å². The van der Waals surface area contributed by atoms with Gasteiger partial charge in [-0.2, -0.15) is 0 Å². The molecular weight excluding hydrogens is 376 g/mol. The molecule has 1 heterocycles. The van der Waals surface area contributed by atoms with Crippen LogP contribution in [-0.2, 0) is 19.1 Å². The standard InChI is InChI=1S/C21H30N2O6/c1-13(11-15(22)19(25)26)12-18(24)28-17-9-10-23(20(27)29-21(2,3)4)16-8-6-5-7-14(16)17/h5-8,13,15,17H,9-12,22H2,1-4H3,(H,25,26)/t13?,15-,17?/m0/s1. The maximum atomic E-state index is 12.5. The SMILES string of the molecule is CC(CC(=O)OC1CCN(C(=O)OC(C)(C)C)c2ccccc21)C[C@H](N)C(=O)O. The van der Waals surface area contributed by atoms with E-state index < -0.39 is 35.8 Å². The number of anilines is 1. The zero-order valence-electron chi connectivity index (χ0n) is 17.4. The molecule has 2 rings (SSSR count). The maximum Gasteiger partial charge on any atom is 0.414 e. The number of para-hydroxylation sites is 1. The summed E-state index contributed by atoms with van der Waals surface area (Å²) in [4.78, 5) is 37.3. The molecule has 0 radical (unpaired) electrons. The summed E-state index contributed by atoms with van der Waals surface area (Å²) in [7, 11) is 0. The summed E-state index contributed by atoms with van der Waals surface area (Å²) < 4.78 is 11.1. The van der Waals surface area contributed by atoms with E-state index in [9.17, 15) is 14.4 Å². The molecule has 1 amide bonds. The van der Waals surface area contributed by atoms with Crippen LogP contribution in [0.1, 0.15) is 58.6 Å². The molecule has 2 unspecified atom stereocenters. The van der Waals surface area contributed by atoms with Crippen LogP contribution in [-0.4, -0.2) is 41.3 Å².